The Bertz CT molecular complexity index is 1060. The highest BCUT2D eigenvalue weighted by molar-refractivity contribution is 5.95. The van der Waals surface area contributed by atoms with E-state index >= 15 is 0 Å². The lowest BCUT2D eigenvalue weighted by Crippen LogP contribution is -2.32. The van der Waals surface area contributed by atoms with Gasteiger partial charge in [-0.25, -0.2) is 8.78 Å². The summed E-state index contributed by atoms with van der Waals surface area (Å²) >= 11 is 0. The van der Waals surface area contributed by atoms with E-state index in [9.17, 15) is 13.6 Å². The van der Waals surface area contributed by atoms with Crippen molar-refractivity contribution in [1.29, 1.82) is 0 Å². The average Bonchev–Trinajstić information content (AvgIpc) is 3.22. The second-order valence-corrected chi connectivity index (χ2v) is 7.29. The molecule has 154 valence electrons. The van der Waals surface area contributed by atoms with E-state index in [1.807, 2.05) is 30.3 Å². The highest BCUT2D eigenvalue weighted by Crippen LogP contribution is 2.28. The average molecular weight is 408 g/mol. The number of methoxy groups -OCH3 is 1. The van der Waals surface area contributed by atoms with Crippen molar-refractivity contribution in [3.63, 3.8) is 0 Å². The Morgan fingerprint density at radius 1 is 1.03 bits per heavy atom. The summed E-state index contributed by atoms with van der Waals surface area (Å²) in [6.07, 6.45) is 0.789. The van der Waals surface area contributed by atoms with Gasteiger partial charge in [-0.1, -0.05) is 24.3 Å². The fourth-order valence-corrected chi connectivity index (χ4v) is 3.72. The summed E-state index contributed by atoms with van der Waals surface area (Å²) in [6.45, 7) is 1.06. The Balaban J connectivity index is 1.47. The number of ether oxygens (including phenoxy) is 1. The maximum atomic E-state index is 14.8. The molecule has 0 bridgehead atoms. The van der Waals surface area contributed by atoms with Crippen LogP contribution >= 0.6 is 0 Å². The highest BCUT2D eigenvalue weighted by atomic mass is 19.1. The first-order valence-electron chi connectivity index (χ1n) is 9.79. The van der Waals surface area contributed by atoms with Gasteiger partial charge in [0.25, 0.3) is 5.91 Å². The molecule has 6 heteroatoms. The minimum atomic E-state index is -0.660. The number of nitrogens with zero attached hydrogens (tertiary/aromatic N) is 1. The first-order valence-corrected chi connectivity index (χ1v) is 9.79. The minimum absolute atomic E-state index is 0.00645. The van der Waals surface area contributed by atoms with E-state index in [0.29, 0.717) is 24.4 Å². The fourth-order valence-electron chi connectivity index (χ4n) is 3.72. The lowest BCUT2D eigenvalue weighted by atomic mass is 10.0. The van der Waals surface area contributed by atoms with Crippen LogP contribution in [-0.4, -0.2) is 37.0 Å². The van der Waals surface area contributed by atoms with Gasteiger partial charge in [0.1, 0.15) is 17.4 Å². The van der Waals surface area contributed by atoms with Crippen LogP contribution in [0, 0.1) is 11.6 Å². The molecular formula is C24H22F2N2O2. The number of para-hydroxylation sites is 1. The number of benzene rings is 3. The van der Waals surface area contributed by atoms with Gasteiger partial charge >= 0.3 is 0 Å². The monoisotopic (exact) mass is 408 g/mol. The van der Waals surface area contributed by atoms with E-state index in [4.69, 9.17) is 4.74 Å². The second-order valence-electron chi connectivity index (χ2n) is 7.29. The fraction of sp³-hybridized carbons (Fsp3) is 0.208. The molecule has 3 aromatic rings. The van der Waals surface area contributed by atoms with Crippen molar-refractivity contribution in [2.75, 3.05) is 25.5 Å². The van der Waals surface area contributed by atoms with Crippen LogP contribution in [-0.2, 0) is 0 Å². The molecule has 0 aliphatic carbocycles. The van der Waals surface area contributed by atoms with Crippen LogP contribution in [0.3, 0.4) is 0 Å². The van der Waals surface area contributed by atoms with Gasteiger partial charge in [-0.15, -0.1) is 0 Å². The number of rotatable bonds is 5. The van der Waals surface area contributed by atoms with Crippen LogP contribution in [0.15, 0.2) is 66.7 Å². The standard InChI is InChI=1S/C24H22F2N2O2/c1-30-19-8-10-20(23(26)14-19)16-7-9-21(22(25)13-16)24(29)28-12-11-18(15-28)27-17-5-3-2-4-6-17/h2-10,13-14,18,27H,11-12,15H2,1H3/t18-/m1/s1. The molecular weight excluding hydrogens is 386 g/mol. The number of likely N-dealkylation sites (tertiary alicyclic amines) is 1. The van der Waals surface area contributed by atoms with E-state index in [0.717, 1.165) is 12.1 Å². The molecule has 1 N–H and O–H groups in total. The van der Waals surface area contributed by atoms with Gasteiger partial charge in [0.15, 0.2) is 0 Å². The van der Waals surface area contributed by atoms with Crippen molar-refractivity contribution in [2.24, 2.45) is 0 Å². The molecule has 1 aliphatic heterocycles. The first-order chi connectivity index (χ1) is 14.5. The zero-order valence-electron chi connectivity index (χ0n) is 16.6. The molecule has 4 rings (SSSR count). The maximum absolute atomic E-state index is 14.8. The molecule has 0 aromatic heterocycles. The molecule has 0 spiro atoms. The van der Waals surface area contributed by atoms with Crippen molar-refractivity contribution < 1.29 is 18.3 Å². The number of hydrogen-bond acceptors (Lipinski definition) is 3. The molecule has 1 saturated heterocycles. The summed E-state index contributed by atoms with van der Waals surface area (Å²) in [5, 5.41) is 3.40. The molecule has 1 heterocycles. The van der Waals surface area contributed by atoms with E-state index in [2.05, 4.69) is 5.32 Å². The van der Waals surface area contributed by atoms with Gasteiger partial charge < -0.3 is 15.0 Å². The molecule has 1 aliphatic rings. The number of carbonyl (C=O) groups is 1. The number of amides is 1. The van der Waals surface area contributed by atoms with Gasteiger partial charge in [0.2, 0.25) is 0 Å². The smallest absolute Gasteiger partial charge is 0.256 e. The summed E-state index contributed by atoms with van der Waals surface area (Å²) in [5.74, 6) is -1.14. The molecule has 1 amide bonds. The van der Waals surface area contributed by atoms with Crippen molar-refractivity contribution in [3.8, 4) is 16.9 Å². The summed E-state index contributed by atoms with van der Waals surface area (Å²) < 4.78 is 34.0. The zero-order chi connectivity index (χ0) is 21.1. The summed E-state index contributed by atoms with van der Waals surface area (Å²) in [6, 6.07) is 18.5. The Labute approximate surface area is 174 Å². The van der Waals surface area contributed by atoms with Crippen LogP contribution in [0.5, 0.6) is 5.75 Å². The Hall–Kier alpha value is -3.41. The summed E-state index contributed by atoms with van der Waals surface area (Å²) in [4.78, 5) is 14.5. The topological polar surface area (TPSA) is 41.6 Å². The molecule has 0 saturated carbocycles. The molecule has 0 radical (unpaired) electrons. The Morgan fingerprint density at radius 3 is 2.53 bits per heavy atom. The lowest BCUT2D eigenvalue weighted by molar-refractivity contribution is 0.0787. The molecule has 0 unspecified atom stereocenters. The Kier molecular flexibility index (Phi) is 5.65. The van der Waals surface area contributed by atoms with E-state index < -0.39 is 11.6 Å². The third kappa shape index (κ3) is 4.13. The van der Waals surface area contributed by atoms with Crippen molar-refractivity contribution in [3.05, 3.63) is 83.9 Å². The SMILES string of the molecule is COc1ccc(-c2ccc(C(=O)N3CC[C@@H](Nc4ccccc4)C3)c(F)c2)c(F)c1. The van der Waals surface area contributed by atoms with Crippen molar-refractivity contribution in [2.45, 2.75) is 12.5 Å². The number of anilines is 1. The van der Waals surface area contributed by atoms with Gasteiger partial charge in [0, 0.05) is 36.4 Å². The minimum Gasteiger partial charge on any atom is -0.497 e. The predicted octanol–water partition coefficient (Wildman–Crippen LogP) is 4.97. The number of carbonyl (C=O) groups excluding carboxylic acids is 1. The number of hydrogen-bond donors (Lipinski definition) is 1. The molecule has 1 fully saturated rings. The van der Waals surface area contributed by atoms with E-state index in [1.54, 1.807) is 17.0 Å². The summed E-state index contributed by atoms with van der Waals surface area (Å²) in [5.41, 5.74) is 1.61. The van der Waals surface area contributed by atoms with Gasteiger partial charge in [-0.05, 0) is 48.4 Å². The van der Waals surface area contributed by atoms with Gasteiger partial charge in [-0.2, -0.15) is 0 Å². The van der Waals surface area contributed by atoms with Crippen LogP contribution in [0.1, 0.15) is 16.8 Å². The van der Waals surface area contributed by atoms with Crippen molar-refractivity contribution >= 4 is 11.6 Å². The molecule has 30 heavy (non-hydrogen) atoms. The molecule has 3 aromatic carbocycles. The second kappa shape index (κ2) is 8.53. The predicted molar refractivity (Wildman–Crippen MR) is 113 cm³/mol. The summed E-state index contributed by atoms with van der Waals surface area (Å²) in [7, 11) is 1.45. The lowest BCUT2D eigenvalue weighted by Gasteiger charge is -2.18. The molecule has 4 nitrogen and oxygen atoms in total. The quantitative estimate of drug-likeness (QED) is 0.648. The first kappa shape index (κ1) is 19.9. The van der Waals surface area contributed by atoms with E-state index in [-0.39, 0.29) is 23.1 Å². The highest BCUT2D eigenvalue weighted by Gasteiger charge is 2.28. The Morgan fingerprint density at radius 2 is 1.83 bits per heavy atom. The maximum Gasteiger partial charge on any atom is 0.256 e. The number of nitrogens with one attached hydrogen (secondary N) is 1. The number of halogens is 2. The zero-order valence-corrected chi connectivity index (χ0v) is 16.6. The van der Waals surface area contributed by atoms with Gasteiger partial charge in [0.05, 0.1) is 12.7 Å². The normalized spacial score (nSPS) is 15.8. The third-order valence-corrected chi connectivity index (χ3v) is 5.31. The van der Waals surface area contributed by atoms with E-state index in [1.165, 1.54) is 31.4 Å². The van der Waals surface area contributed by atoms with Crippen LogP contribution in [0.2, 0.25) is 0 Å². The molecule has 1 atom stereocenters. The van der Waals surface area contributed by atoms with Gasteiger partial charge in [-0.3, -0.25) is 4.79 Å². The third-order valence-electron chi connectivity index (χ3n) is 5.31. The van der Waals surface area contributed by atoms with Crippen LogP contribution in [0.25, 0.3) is 11.1 Å². The van der Waals surface area contributed by atoms with Crippen LogP contribution < -0.4 is 10.1 Å². The van der Waals surface area contributed by atoms with Crippen LogP contribution in [0.4, 0.5) is 14.5 Å². The largest absolute Gasteiger partial charge is 0.497 e. The van der Waals surface area contributed by atoms with Crippen molar-refractivity contribution in [1.82, 2.24) is 4.90 Å².